The van der Waals surface area contributed by atoms with E-state index in [2.05, 4.69) is 20.6 Å². The fourth-order valence-electron chi connectivity index (χ4n) is 10.7. The summed E-state index contributed by atoms with van der Waals surface area (Å²) in [6.45, 7) is 2.74. The molecule has 8 heterocycles. The molecule has 10 rings (SSSR count). The number of likely N-dealkylation sites (N-methyl/N-ethyl adjacent to an activating group) is 2. The van der Waals surface area contributed by atoms with Crippen molar-refractivity contribution >= 4 is 57.6 Å². The Hall–Kier alpha value is -8.26. The van der Waals surface area contributed by atoms with Crippen LogP contribution in [0.25, 0.3) is 33.2 Å². The second kappa shape index (κ2) is 23.7. The molecule has 82 heavy (non-hydrogen) atoms. The number of ether oxygens (including phenoxy) is 4. The highest BCUT2D eigenvalue weighted by Gasteiger charge is 2.41. The highest BCUT2D eigenvalue weighted by atomic mass is 19.4. The largest absolute Gasteiger partial charge is 0.486 e. The van der Waals surface area contributed by atoms with Crippen molar-refractivity contribution in [2.75, 3.05) is 105 Å². The number of imidazole rings is 2. The fraction of sp³-hybridized carbons (Fsp3) is 0.429. The highest BCUT2D eigenvalue weighted by molar-refractivity contribution is 6.13. The summed E-state index contributed by atoms with van der Waals surface area (Å²) in [5, 5.41) is 5.30. The smallest absolute Gasteiger partial charge is 0.433 e. The Balaban J connectivity index is 1.08. The Labute approximate surface area is 466 Å². The van der Waals surface area contributed by atoms with E-state index in [0.717, 1.165) is 12.3 Å². The van der Waals surface area contributed by atoms with Gasteiger partial charge in [0.05, 0.1) is 34.2 Å². The van der Waals surface area contributed by atoms with E-state index in [-0.39, 0.29) is 80.2 Å². The van der Waals surface area contributed by atoms with Crippen LogP contribution >= 0.6 is 0 Å². The number of anilines is 2. The normalized spacial score (nSPS) is 18.0. The van der Waals surface area contributed by atoms with Crippen molar-refractivity contribution in [3.05, 3.63) is 95.6 Å². The molecule has 6 aromatic rings. The Morgan fingerprint density at radius 3 is 1.60 bits per heavy atom. The molecule has 2 N–H and O–H groups in total. The van der Waals surface area contributed by atoms with E-state index in [4.69, 9.17) is 28.9 Å². The van der Waals surface area contributed by atoms with Crippen LogP contribution in [-0.4, -0.2) is 166 Å². The molecule has 0 radical (unpaired) electrons. The first-order valence-corrected chi connectivity index (χ1v) is 26.8. The minimum Gasteiger partial charge on any atom is -0.486 e. The lowest BCUT2D eigenvalue weighted by Gasteiger charge is -2.27. The Morgan fingerprint density at radius 2 is 1.12 bits per heavy atom. The van der Waals surface area contributed by atoms with Crippen molar-refractivity contribution in [1.29, 1.82) is 0 Å². The summed E-state index contributed by atoms with van der Waals surface area (Å²) in [5.74, 6) is -2.28. The summed E-state index contributed by atoms with van der Waals surface area (Å²) < 4.78 is 118. The van der Waals surface area contributed by atoms with Crippen LogP contribution in [-0.2, 0) is 21.9 Å². The number of amides is 4. The third-order valence-electron chi connectivity index (χ3n) is 14.4. The van der Waals surface area contributed by atoms with Crippen molar-refractivity contribution in [1.82, 2.24) is 48.7 Å². The van der Waals surface area contributed by atoms with E-state index in [1.54, 1.807) is 55.4 Å². The summed E-state index contributed by atoms with van der Waals surface area (Å²) in [5.41, 5.74) is -5.73. The van der Waals surface area contributed by atoms with Gasteiger partial charge in [-0.2, -0.15) is 26.3 Å². The topological polar surface area (TPSA) is 204 Å². The van der Waals surface area contributed by atoms with Gasteiger partial charge in [0.25, 0.3) is 11.8 Å². The summed E-state index contributed by atoms with van der Waals surface area (Å²) >= 11 is 0. The number of halogens is 6. The SMILES string of the molecule is CN(C)C/C=C/C(=O)N1CCCC[C@@H](n2c(NC(=O)c3cc(C(F)(F)F)ncc3-c3c(C(=O)Nc4nc5ccc6c(c5n4[C@@H]4CCCCN(C(=O)/C=C/CN(C)C)C4)OCCO6)ccnc3C(F)(F)F)nc3ccc4c(c32)OCCO4)C1. The minimum absolute atomic E-state index is 0.0917. The fourth-order valence-corrected chi connectivity index (χ4v) is 10.7. The average Bonchev–Trinajstić information content (AvgIpc) is 3.82. The van der Waals surface area contributed by atoms with E-state index in [0.29, 0.717) is 105 Å². The molecular formula is C56H60F6N12O8. The molecule has 26 heteroatoms. The van der Waals surface area contributed by atoms with Gasteiger partial charge in [-0.05, 0) is 103 Å². The average molecular weight is 1140 g/mol. The number of alkyl halides is 6. The van der Waals surface area contributed by atoms with Crippen molar-refractivity contribution in [2.45, 2.75) is 63.0 Å². The predicted octanol–water partition coefficient (Wildman–Crippen LogP) is 8.27. The van der Waals surface area contributed by atoms with Crippen molar-refractivity contribution in [3.8, 4) is 34.1 Å². The van der Waals surface area contributed by atoms with Crippen molar-refractivity contribution < 1.29 is 64.5 Å². The molecule has 2 fully saturated rings. The molecular weight excluding hydrogens is 1080 g/mol. The van der Waals surface area contributed by atoms with Gasteiger partial charge in [0.1, 0.15) is 43.2 Å². The van der Waals surface area contributed by atoms with Gasteiger partial charge in [0, 0.05) is 74.9 Å². The third kappa shape index (κ3) is 12.0. The molecule has 4 amide bonds. The zero-order chi connectivity index (χ0) is 58.0. The van der Waals surface area contributed by atoms with E-state index in [1.807, 2.05) is 38.0 Å². The molecule has 4 aliphatic rings. The number of fused-ring (bicyclic) bond motifs is 6. The molecule has 4 aliphatic heterocycles. The van der Waals surface area contributed by atoms with Gasteiger partial charge in [-0.15, -0.1) is 0 Å². The number of pyridine rings is 2. The number of likely N-dealkylation sites (tertiary alicyclic amines) is 2. The second-order valence-electron chi connectivity index (χ2n) is 20.8. The summed E-state index contributed by atoms with van der Waals surface area (Å²) in [6, 6.07) is 6.45. The number of rotatable bonds is 13. The first-order chi connectivity index (χ1) is 39.2. The first-order valence-electron chi connectivity index (χ1n) is 26.8. The molecule has 0 spiro atoms. The van der Waals surface area contributed by atoms with E-state index < -0.39 is 69.9 Å². The third-order valence-corrected chi connectivity index (χ3v) is 14.4. The summed E-state index contributed by atoms with van der Waals surface area (Å²) in [4.78, 5) is 81.1. The van der Waals surface area contributed by atoms with Gasteiger partial charge in [-0.25, -0.2) is 9.97 Å². The van der Waals surface area contributed by atoms with Crippen LogP contribution in [0, 0.1) is 0 Å². The van der Waals surface area contributed by atoms with Crippen LogP contribution in [0.1, 0.15) is 82.7 Å². The van der Waals surface area contributed by atoms with E-state index in [9.17, 15) is 22.8 Å². The van der Waals surface area contributed by atoms with Crippen molar-refractivity contribution in [2.24, 2.45) is 0 Å². The van der Waals surface area contributed by atoms with Gasteiger partial charge in [-0.1, -0.05) is 12.2 Å². The minimum atomic E-state index is -5.37. The number of carbonyl (C=O) groups is 4. The van der Waals surface area contributed by atoms with Gasteiger partial charge < -0.3 is 47.7 Å². The number of benzene rings is 2. The Kier molecular flexibility index (Phi) is 16.5. The second-order valence-corrected chi connectivity index (χ2v) is 20.8. The zero-order valence-electron chi connectivity index (χ0n) is 45.4. The predicted molar refractivity (Wildman–Crippen MR) is 289 cm³/mol. The van der Waals surface area contributed by atoms with Crippen LogP contribution in [0.5, 0.6) is 23.0 Å². The number of aromatic nitrogens is 6. The lowest BCUT2D eigenvalue weighted by atomic mass is 9.94. The first kappa shape index (κ1) is 57.0. The van der Waals surface area contributed by atoms with Gasteiger partial charge in [0.15, 0.2) is 28.7 Å². The van der Waals surface area contributed by atoms with E-state index >= 15 is 22.8 Å². The maximum atomic E-state index is 15.5. The number of nitrogens with zero attached hydrogens (tertiary/aromatic N) is 10. The van der Waals surface area contributed by atoms with Crippen molar-refractivity contribution in [3.63, 3.8) is 0 Å². The lowest BCUT2D eigenvalue weighted by molar-refractivity contribution is -0.142. The quantitative estimate of drug-likeness (QED) is 0.0826. The molecule has 0 bridgehead atoms. The van der Waals surface area contributed by atoms with Crippen LogP contribution in [0.4, 0.5) is 38.2 Å². The van der Waals surface area contributed by atoms with Crippen LogP contribution in [0.2, 0.25) is 0 Å². The van der Waals surface area contributed by atoms with Gasteiger partial charge in [-0.3, -0.25) is 39.8 Å². The number of hydrogen-bond donors (Lipinski definition) is 2. The maximum Gasteiger partial charge on any atom is 0.433 e. The van der Waals surface area contributed by atoms with E-state index in [1.165, 1.54) is 12.2 Å². The molecule has 0 aliphatic carbocycles. The zero-order valence-corrected chi connectivity index (χ0v) is 45.4. The number of hydrogen-bond acceptors (Lipinski definition) is 14. The molecule has 0 unspecified atom stereocenters. The monoisotopic (exact) mass is 1140 g/mol. The molecule has 20 nitrogen and oxygen atoms in total. The highest BCUT2D eigenvalue weighted by Crippen LogP contribution is 2.46. The molecule has 0 saturated carbocycles. The molecule has 2 saturated heterocycles. The molecule has 2 atom stereocenters. The van der Waals surface area contributed by atoms with Crippen LogP contribution < -0.4 is 29.6 Å². The number of nitrogens with one attached hydrogen (secondary N) is 2. The summed E-state index contributed by atoms with van der Waals surface area (Å²) in [6.07, 6.45) is 0.339. The maximum absolute atomic E-state index is 15.5. The van der Waals surface area contributed by atoms with Crippen LogP contribution in [0.3, 0.4) is 0 Å². The standard InChI is InChI=1S/C56H60F6N12O8/c1-69(2)21-9-13-43(75)71-23-7-5-11-33(31-71)73-46-38(15-17-40-48(46)81-27-25-79-40)65-53(73)67-51(77)35-19-20-63-50(56(60,61)62)45(35)37-30-64-42(55(57,58)59)29-36(37)52(78)68-54-66-39-16-18-41-49(82-28-26-80-41)47(39)74(54)34-12-6-8-24-72(32-34)44(76)14-10-22-70(3)4/h9-10,13-20,29-30,33-34H,5-8,11-12,21-28,31-32H2,1-4H3,(H,65,67,77)(H,66,68,78)/b13-9+,14-10+/t33-,34-/m1/s1. The van der Waals surface area contributed by atoms with Gasteiger partial charge in [0.2, 0.25) is 23.7 Å². The molecule has 2 aromatic carbocycles. The molecule has 434 valence electrons. The van der Waals surface area contributed by atoms with Crippen LogP contribution in [0.15, 0.2) is 73.1 Å². The Bertz CT molecular complexity index is 3480. The van der Waals surface area contributed by atoms with Gasteiger partial charge >= 0.3 is 12.4 Å². The summed E-state index contributed by atoms with van der Waals surface area (Å²) in [7, 11) is 7.43. The Morgan fingerprint density at radius 1 is 0.634 bits per heavy atom. The number of carbonyl (C=O) groups excluding carboxylic acids is 4. The molecule has 4 aromatic heterocycles. The lowest BCUT2D eigenvalue weighted by Crippen LogP contribution is -2.35.